The highest BCUT2D eigenvalue weighted by Gasteiger charge is 2.46. The van der Waals surface area contributed by atoms with E-state index in [-0.39, 0.29) is 18.9 Å². The number of nitrogens with two attached hydrogens (primary N) is 1. The molecule has 0 radical (unpaired) electrons. The van der Waals surface area contributed by atoms with Crippen molar-refractivity contribution in [1.82, 2.24) is 4.90 Å². The zero-order valence-electron chi connectivity index (χ0n) is 13.2. The van der Waals surface area contributed by atoms with Crippen molar-refractivity contribution in [1.29, 1.82) is 0 Å². The number of nitrogens with zero attached hydrogens (tertiary/aromatic N) is 2. The van der Waals surface area contributed by atoms with Crippen LogP contribution in [0, 0.1) is 0 Å². The first-order valence-corrected chi connectivity index (χ1v) is 8.87. The summed E-state index contributed by atoms with van der Waals surface area (Å²) in [5.74, 6) is 0.611. The molecule has 2 rings (SSSR count). The molecule has 0 bridgehead atoms. The van der Waals surface area contributed by atoms with Gasteiger partial charge in [-0.1, -0.05) is 0 Å². The van der Waals surface area contributed by atoms with Crippen LogP contribution in [0.25, 0.3) is 0 Å². The number of alkyl halides is 3. The number of benzene rings is 1. The van der Waals surface area contributed by atoms with Crippen LogP contribution in [0.4, 0.5) is 13.2 Å². The van der Waals surface area contributed by atoms with Gasteiger partial charge in [0.1, 0.15) is 12.4 Å². The van der Waals surface area contributed by atoms with E-state index >= 15 is 0 Å². The summed E-state index contributed by atoms with van der Waals surface area (Å²) < 4.78 is 70.3. The van der Waals surface area contributed by atoms with Gasteiger partial charge in [-0.25, -0.2) is 13.4 Å². The van der Waals surface area contributed by atoms with Gasteiger partial charge in [0.25, 0.3) is 9.84 Å². The van der Waals surface area contributed by atoms with E-state index < -0.39 is 20.2 Å². The van der Waals surface area contributed by atoms with Crippen molar-refractivity contribution in [2.45, 2.75) is 10.4 Å². The Kier molecular flexibility index (Phi) is 6.11. The summed E-state index contributed by atoms with van der Waals surface area (Å²) in [6, 6.07) is 4.02. The molecule has 1 saturated heterocycles. The molecule has 1 aromatic rings. The van der Waals surface area contributed by atoms with E-state index in [1.165, 1.54) is 0 Å². The molecule has 140 valence electrons. The molecule has 0 aromatic heterocycles. The summed E-state index contributed by atoms with van der Waals surface area (Å²) >= 11 is 0. The Balaban J connectivity index is 1.86. The second kappa shape index (κ2) is 7.91. The van der Waals surface area contributed by atoms with Crippen molar-refractivity contribution >= 4 is 15.8 Å². The van der Waals surface area contributed by atoms with Gasteiger partial charge in [-0.3, -0.25) is 0 Å². The normalized spacial score (nSPS) is 16.8. The molecule has 2 N–H and O–H groups in total. The molecule has 1 aromatic carbocycles. The number of aliphatic imine (C=N–C) groups is 1. The number of halogens is 3. The van der Waals surface area contributed by atoms with Crippen molar-refractivity contribution in [2.24, 2.45) is 10.7 Å². The lowest BCUT2D eigenvalue weighted by Gasteiger charge is -2.27. The molecule has 25 heavy (non-hydrogen) atoms. The molecule has 0 spiro atoms. The SMILES string of the molecule is NC(=NCCOc1ccc(S(=O)(=O)C(F)(F)F)cc1)N1CCOCC1. The Bertz CT molecular complexity index is 699. The number of rotatable bonds is 5. The van der Waals surface area contributed by atoms with E-state index in [2.05, 4.69) is 4.99 Å². The van der Waals surface area contributed by atoms with Gasteiger partial charge in [0.15, 0.2) is 5.96 Å². The highest BCUT2D eigenvalue weighted by Crippen LogP contribution is 2.30. The van der Waals surface area contributed by atoms with Gasteiger partial charge in [-0.2, -0.15) is 13.2 Å². The summed E-state index contributed by atoms with van der Waals surface area (Å²) in [6.45, 7) is 2.89. The summed E-state index contributed by atoms with van der Waals surface area (Å²) in [6.07, 6.45) is 0. The van der Waals surface area contributed by atoms with Crippen molar-refractivity contribution < 1.29 is 31.1 Å². The molecule has 11 heteroatoms. The number of hydrogen-bond acceptors (Lipinski definition) is 5. The number of ether oxygens (including phenoxy) is 2. The van der Waals surface area contributed by atoms with Crippen molar-refractivity contribution in [2.75, 3.05) is 39.5 Å². The summed E-state index contributed by atoms with van der Waals surface area (Å²) in [5.41, 5.74) is 0.496. The van der Waals surface area contributed by atoms with Crippen LogP contribution < -0.4 is 10.5 Å². The van der Waals surface area contributed by atoms with E-state index in [4.69, 9.17) is 15.2 Å². The van der Waals surface area contributed by atoms with Gasteiger partial charge in [0, 0.05) is 13.1 Å². The van der Waals surface area contributed by atoms with Crippen LogP contribution in [-0.2, 0) is 14.6 Å². The molecule has 1 aliphatic heterocycles. The predicted molar refractivity (Wildman–Crippen MR) is 84.1 cm³/mol. The third kappa shape index (κ3) is 4.98. The Hall–Kier alpha value is -2.01. The van der Waals surface area contributed by atoms with Gasteiger partial charge < -0.3 is 20.1 Å². The summed E-state index contributed by atoms with van der Waals surface area (Å²) in [7, 11) is -5.35. The molecule has 0 amide bonds. The van der Waals surface area contributed by atoms with E-state index in [1.807, 2.05) is 4.90 Å². The quantitative estimate of drug-likeness (QED) is 0.465. The average Bonchev–Trinajstić information content (AvgIpc) is 2.58. The maximum Gasteiger partial charge on any atom is 0.501 e. The molecule has 7 nitrogen and oxygen atoms in total. The predicted octanol–water partition coefficient (Wildman–Crippen LogP) is 1.01. The minimum Gasteiger partial charge on any atom is -0.492 e. The second-order valence-electron chi connectivity index (χ2n) is 5.11. The Morgan fingerprint density at radius 2 is 1.84 bits per heavy atom. The van der Waals surface area contributed by atoms with Crippen molar-refractivity contribution in [3.05, 3.63) is 24.3 Å². The zero-order valence-corrected chi connectivity index (χ0v) is 14.0. The van der Waals surface area contributed by atoms with Crippen LogP contribution in [0.5, 0.6) is 5.75 Å². The first kappa shape index (κ1) is 19.3. The maximum atomic E-state index is 12.4. The van der Waals surface area contributed by atoms with E-state index in [9.17, 15) is 21.6 Å². The first-order valence-electron chi connectivity index (χ1n) is 7.38. The minimum atomic E-state index is -5.35. The lowest BCUT2D eigenvalue weighted by molar-refractivity contribution is -0.0436. The third-order valence-electron chi connectivity index (χ3n) is 3.41. The van der Waals surface area contributed by atoms with Crippen LogP contribution in [-0.4, -0.2) is 64.2 Å². The summed E-state index contributed by atoms with van der Waals surface area (Å²) in [5, 5.41) is 0. The third-order valence-corrected chi connectivity index (χ3v) is 4.91. The maximum absolute atomic E-state index is 12.4. The fourth-order valence-electron chi connectivity index (χ4n) is 2.06. The second-order valence-corrected chi connectivity index (χ2v) is 7.05. The zero-order chi connectivity index (χ0) is 18.5. The molecular formula is C14H18F3N3O4S. The summed E-state index contributed by atoms with van der Waals surface area (Å²) in [4.78, 5) is 5.19. The topological polar surface area (TPSA) is 94.2 Å². The molecule has 0 unspecified atom stereocenters. The fourth-order valence-corrected chi connectivity index (χ4v) is 2.83. The molecule has 1 aliphatic rings. The number of hydrogen-bond donors (Lipinski definition) is 1. The van der Waals surface area contributed by atoms with Crippen LogP contribution in [0.3, 0.4) is 0 Å². The van der Waals surface area contributed by atoms with Crippen LogP contribution in [0.2, 0.25) is 0 Å². The van der Waals surface area contributed by atoms with Crippen molar-refractivity contribution in [3.8, 4) is 5.75 Å². The minimum absolute atomic E-state index is 0.149. The number of morpholine rings is 1. The van der Waals surface area contributed by atoms with E-state index in [0.29, 0.717) is 32.3 Å². The monoisotopic (exact) mass is 381 g/mol. The molecule has 1 fully saturated rings. The van der Waals surface area contributed by atoms with Crippen LogP contribution in [0.1, 0.15) is 0 Å². The van der Waals surface area contributed by atoms with Gasteiger partial charge >= 0.3 is 5.51 Å². The van der Waals surface area contributed by atoms with Crippen LogP contribution >= 0.6 is 0 Å². The lowest BCUT2D eigenvalue weighted by Crippen LogP contribution is -2.45. The molecule has 0 aliphatic carbocycles. The highest BCUT2D eigenvalue weighted by atomic mass is 32.2. The van der Waals surface area contributed by atoms with Crippen LogP contribution in [0.15, 0.2) is 34.2 Å². The molecule has 1 heterocycles. The standard InChI is InChI=1S/C14H18F3N3O4S/c15-14(16,17)25(21,22)12-3-1-11(2-4-12)24-8-5-19-13(18)20-6-9-23-10-7-20/h1-4H,5-10H2,(H2,18,19). The molecule has 0 atom stereocenters. The van der Waals surface area contributed by atoms with Gasteiger partial charge in [0.05, 0.1) is 24.7 Å². The van der Waals surface area contributed by atoms with E-state index in [0.717, 1.165) is 24.3 Å². The molecular weight excluding hydrogens is 363 g/mol. The van der Waals surface area contributed by atoms with Gasteiger partial charge in [0.2, 0.25) is 0 Å². The fraction of sp³-hybridized carbons (Fsp3) is 0.500. The Morgan fingerprint density at radius 1 is 1.24 bits per heavy atom. The lowest BCUT2D eigenvalue weighted by atomic mass is 10.3. The smallest absolute Gasteiger partial charge is 0.492 e. The van der Waals surface area contributed by atoms with E-state index in [1.54, 1.807) is 0 Å². The van der Waals surface area contributed by atoms with Gasteiger partial charge in [-0.05, 0) is 24.3 Å². The van der Waals surface area contributed by atoms with Gasteiger partial charge in [-0.15, -0.1) is 0 Å². The highest BCUT2D eigenvalue weighted by molar-refractivity contribution is 7.92. The Labute approximate surface area is 143 Å². The molecule has 0 saturated carbocycles. The largest absolute Gasteiger partial charge is 0.501 e. The number of sulfone groups is 1. The number of guanidine groups is 1. The first-order chi connectivity index (χ1) is 11.7. The average molecular weight is 381 g/mol. The Morgan fingerprint density at radius 3 is 2.40 bits per heavy atom. The van der Waals surface area contributed by atoms with Crippen molar-refractivity contribution in [3.63, 3.8) is 0 Å².